The molecule has 0 aromatic heterocycles. The summed E-state index contributed by atoms with van der Waals surface area (Å²) in [6.45, 7) is 1.36. The second-order valence-corrected chi connectivity index (χ2v) is 6.64. The lowest BCUT2D eigenvalue weighted by Crippen LogP contribution is -2.55. The summed E-state index contributed by atoms with van der Waals surface area (Å²) in [7, 11) is 3.56. The van der Waals surface area contributed by atoms with Crippen LogP contribution in [0.15, 0.2) is 24.3 Å². The van der Waals surface area contributed by atoms with Crippen LogP contribution in [0.1, 0.15) is 35.2 Å². The number of carbonyl (C=O) groups is 4. The second-order valence-electron chi connectivity index (χ2n) is 6.64. The molecule has 146 valence electrons. The van der Waals surface area contributed by atoms with E-state index in [2.05, 4.69) is 4.74 Å². The number of rotatable bonds is 4. The first kappa shape index (κ1) is 20.6. The lowest BCUT2D eigenvalue weighted by atomic mass is 9.61. The van der Waals surface area contributed by atoms with Gasteiger partial charge in [0, 0.05) is 12.3 Å². The Bertz CT molecular complexity index is 749. The quantitative estimate of drug-likeness (QED) is 0.466. The molecule has 0 unspecified atom stereocenters. The van der Waals surface area contributed by atoms with E-state index in [-0.39, 0.29) is 12.0 Å². The van der Waals surface area contributed by atoms with Crippen LogP contribution < -0.4 is 0 Å². The smallest absolute Gasteiger partial charge is 0.337 e. The number of ether oxygens (including phenoxy) is 3. The van der Waals surface area contributed by atoms with Crippen LogP contribution in [0.2, 0.25) is 0 Å². The van der Waals surface area contributed by atoms with Crippen molar-refractivity contribution in [1.82, 2.24) is 0 Å². The maximum Gasteiger partial charge on any atom is 0.337 e. The topological polar surface area (TPSA) is 116 Å². The van der Waals surface area contributed by atoms with Crippen molar-refractivity contribution in [3.05, 3.63) is 35.4 Å². The number of Topliss-reactive ketones (excluding diaryl/α,β-unsaturated/α-hetero) is 1. The Labute approximate surface area is 156 Å². The Morgan fingerprint density at radius 1 is 1.00 bits per heavy atom. The molecule has 1 N–H and O–H groups in total. The van der Waals surface area contributed by atoms with Gasteiger partial charge in [0.25, 0.3) is 0 Å². The summed E-state index contributed by atoms with van der Waals surface area (Å²) in [5.74, 6) is -6.09. The molecule has 0 amide bonds. The van der Waals surface area contributed by atoms with Crippen molar-refractivity contribution < 1.29 is 38.5 Å². The molecule has 27 heavy (non-hydrogen) atoms. The number of hydrogen-bond acceptors (Lipinski definition) is 8. The van der Waals surface area contributed by atoms with Gasteiger partial charge in [-0.25, -0.2) is 4.79 Å². The van der Waals surface area contributed by atoms with Gasteiger partial charge in [-0.1, -0.05) is 12.1 Å². The van der Waals surface area contributed by atoms with Crippen molar-refractivity contribution in [2.24, 2.45) is 11.8 Å². The van der Waals surface area contributed by atoms with Gasteiger partial charge >= 0.3 is 17.9 Å². The SMILES string of the molecule is COC(=O)c1ccc([C@H]2[C@@H](C(=O)OC)C(=O)C[C@](C)(O)[C@H]2C(=O)OC)cc1. The van der Waals surface area contributed by atoms with E-state index in [0.29, 0.717) is 5.56 Å². The van der Waals surface area contributed by atoms with Gasteiger partial charge < -0.3 is 19.3 Å². The van der Waals surface area contributed by atoms with Crippen molar-refractivity contribution in [3.8, 4) is 0 Å². The largest absolute Gasteiger partial charge is 0.469 e. The minimum Gasteiger partial charge on any atom is -0.469 e. The van der Waals surface area contributed by atoms with E-state index < -0.39 is 47.0 Å². The summed E-state index contributed by atoms with van der Waals surface area (Å²) >= 11 is 0. The highest BCUT2D eigenvalue weighted by molar-refractivity contribution is 6.02. The first-order valence-electron chi connectivity index (χ1n) is 8.27. The molecule has 1 aliphatic carbocycles. The predicted molar refractivity (Wildman–Crippen MR) is 91.8 cm³/mol. The van der Waals surface area contributed by atoms with Crippen LogP contribution in [-0.2, 0) is 28.6 Å². The first-order chi connectivity index (χ1) is 12.7. The van der Waals surface area contributed by atoms with E-state index in [9.17, 15) is 24.3 Å². The Kier molecular flexibility index (Phi) is 6.00. The lowest BCUT2D eigenvalue weighted by molar-refractivity contribution is -0.170. The number of ketones is 1. The van der Waals surface area contributed by atoms with Crippen molar-refractivity contribution in [1.29, 1.82) is 0 Å². The summed E-state index contributed by atoms with van der Waals surface area (Å²) in [5, 5.41) is 10.7. The van der Waals surface area contributed by atoms with Crippen LogP contribution in [0.25, 0.3) is 0 Å². The molecule has 0 saturated heterocycles. The molecule has 1 aromatic rings. The van der Waals surface area contributed by atoms with Crippen LogP contribution in [0.5, 0.6) is 0 Å². The van der Waals surface area contributed by atoms with Gasteiger partial charge in [0.2, 0.25) is 0 Å². The highest BCUT2D eigenvalue weighted by atomic mass is 16.5. The molecule has 8 heteroatoms. The van der Waals surface area contributed by atoms with Crippen LogP contribution in [0.4, 0.5) is 0 Å². The molecule has 1 fully saturated rings. The molecule has 1 saturated carbocycles. The fraction of sp³-hybridized carbons (Fsp3) is 0.474. The summed E-state index contributed by atoms with van der Waals surface area (Å²) in [4.78, 5) is 48.9. The average molecular weight is 378 g/mol. The predicted octanol–water partition coefficient (Wildman–Crippen LogP) is 0.859. The second kappa shape index (κ2) is 7.87. The fourth-order valence-electron chi connectivity index (χ4n) is 3.63. The zero-order chi connectivity index (χ0) is 20.4. The fourth-order valence-corrected chi connectivity index (χ4v) is 3.63. The number of aliphatic hydroxyl groups is 1. The summed E-state index contributed by atoms with van der Waals surface area (Å²) in [5.41, 5.74) is -1.03. The third-order valence-electron chi connectivity index (χ3n) is 4.89. The van der Waals surface area contributed by atoms with E-state index in [1.54, 1.807) is 0 Å². The van der Waals surface area contributed by atoms with E-state index in [1.807, 2.05) is 0 Å². The highest BCUT2D eigenvalue weighted by Gasteiger charge is 2.56. The molecule has 0 bridgehead atoms. The van der Waals surface area contributed by atoms with E-state index in [0.717, 1.165) is 7.11 Å². The zero-order valence-electron chi connectivity index (χ0n) is 15.6. The monoisotopic (exact) mass is 378 g/mol. The summed E-state index contributed by atoms with van der Waals surface area (Å²) < 4.78 is 14.2. The highest BCUT2D eigenvalue weighted by Crippen LogP contribution is 2.46. The van der Waals surface area contributed by atoms with Crippen LogP contribution in [-0.4, -0.2) is 55.7 Å². The Morgan fingerprint density at radius 3 is 2.04 bits per heavy atom. The minimum atomic E-state index is -1.71. The third kappa shape index (κ3) is 3.85. The summed E-state index contributed by atoms with van der Waals surface area (Å²) in [6, 6.07) is 5.93. The first-order valence-corrected chi connectivity index (χ1v) is 8.27. The van der Waals surface area contributed by atoms with Crippen LogP contribution in [0, 0.1) is 11.8 Å². The minimum absolute atomic E-state index is 0.263. The van der Waals surface area contributed by atoms with Crippen molar-refractivity contribution in [2.45, 2.75) is 24.9 Å². The van der Waals surface area contributed by atoms with Gasteiger partial charge in [0.15, 0.2) is 5.78 Å². The number of methoxy groups -OCH3 is 3. The molecule has 1 aromatic carbocycles. The molecule has 0 radical (unpaired) electrons. The number of benzene rings is 1. The zero-order valence-corrected chi connectivity index (χ0v) is 15.6. The molecule has 0 spiro atoms. The maximum absolute atomic E-state index is 12.6. The Balaban J connectivity index is 2.60. The molecule has 0 heterocycles. The molecule has 1 aliphatic rings. The molecular weight excluding hydrogens is 356 g/mol. The molecule has 8 nitrogen and oxygen atoms in total. The lowest BCUT2D eigenvalue weighted by Gasteiger charge is -2.43. The average Bonchev–Trinajstić information content (AvgIpc) is 2.65. The maximum atomic E-state index is 12.6. The van der Waals surface area contributed by atoms with E-state index >= 15 is 0 Å². The number of esters is 3. The van der Waals surface area contributed by atoms with Crippen molar-refractivity contribution in [2.75, 3.05) is 21.3 Å². The van der Waals surface area contributed by atoms with E-state index in [1.165, 1.54) is 45.4 Å². The summed E-state index contributed by atoms with van der Waals surface area (Å²) in [6.07, 6.45) is -0.386. The van der Waals surface area contributed by atoms with Crippen LogP contribution in [0.3, 0.4) is 0 Å². The molecular formula is C19H22O8. The van der Waals surface area contributed by atoms with Gasteiger partial charge in [-0.2, -0.15) is 0 Å². The van der Waals surface area contributed by atoms with Crippen molar-refractivity contribution in [3.63, 3.8) is 0 Å². The number of carbonyl (C=O) groups excluding carboxylic acids is 4. The normalized spacial score (nSPS) is 27.6. The van der Waals surface area contributed by atoms with Crippen LogP contribution >= 0.6 is 0 Å². The van der Waals surface area contributed by atoms with Gasteiger partial charge in [-0.05, 0) is 24.6 Å². The van der Waals surface area contributed by atoms with Crippen molar-refractivity contribution >= 4 is 23.7 Å². The van der Waals surface area contributed by atoms with E-state index in [4.69, 9.17) is 9.47 Å². The molecule has 0 aliphatic heterocycles. The van der Waals surface area contributed by atoms with Gasteiger partial charge in [-0.15, -0.1) is 0 Å². The van der Waals surface area contributed by atoms with Gasteiger partial charge in [0.1, 0.15) is 5.92 Å². The third-order valence-corrected chi connectivity index (χ3v) is 4.89. The molecule has 2 rings (SSSR count). The standard InChI is InChI=1S/C19H22O8/c1-19(24)9-12(20)14(17(22)26-3)13(15(19)18(23)27-4)10-5-7-11(8-6-10)16(21)25-2/h5-8,13-15,24H,9H2,1-4H3/t13-,14-,15+,19-/m0/s1. The number of hydrogen-bond donors (Lipinski definition) is 1. The van der Waals surface area contributed by atoms with Gasteiger partial charge in [0.05, 0.1) is 38.4 Å². The molecule has 4 atom stereocenters. The van der Waals surface area contributed by atoms with Gasteiger partial charge in [-0.3, -0.25) is 14.4 Å². The Hall–Kier alpha value is -2.74. The Morgan fingerprint density at radius 2 is 1.56 bits per heavy atom.